The van der Waals surface area contributed by atoms with Crippen LogP contribution in [0, 0.1) is 0 Å². The van der Waals surface area contributed by atoms with Crippen molar-refractivity contribution in [2.24, 2.45) is 0 Å². The molecule has 0 radical (unpaired) electrons. The molecule has 0 fully saturated rings. The molecule has 0 saturated carbocycles. The van der Waals surface area contributed by atoms with Gasteiger partial charge in [0.25, 0.3) is 0 Å². The van der Waals surface area contributed by atoms with Gasteiger partial charge in [0.15, 0.2) is 0 Å². The number of benzene rings is 2. The third kappa shape index (κ3) is 2.31. The topological polar surface area (TPSA) is 51.8 Å². The first-order valence-electron chi connectivity index (χ1n) is 6.08. The van der Waals surface area contributed by atoms with Crippen molar-refractivity contribution < 1.29 is 0 Å². The Kier molecular flexibility index (Phi) is 2.94. The number of hydrogen-bond acceptors (Lipinski definition) is 3. The lowest BCUT2D eigenvalue weighted by molar-refractivity contribution is 1.22. The molecule has 1 heterocycles. The molecule has 19 heavy (non-hydrogen) atoms. The molecule has 0 atom stereocenters. The van der Waals surface area contributed by atoms with Crippen LogP contribution >= 0.6 is 0 Å². The molecule has 0 spiro atoms. The first-order chi connectivity index (χ1) is 9.34. The van der Waals surface area contributed by atoms with Crippen LogP contribution in [0.4, 0.5) is 5.82 Å². The number of nitrogens with zero attached hydrogens (tertiary/aromatic N) is 2. The van der Waals surface area contributed by atoms with Gasteiger partial charge in [0.05, 0.1) is 17.6 Å². The second kappa shape index (κ2) is 4.90. The fourth-order valence-corrected chi connectivity index (χ4v) is 2.01. The predicted molar refractivity (Wildman–Crippen MR) is 77.3 cm³/mol. The van der Waals surface area contributed by atoms with E-state index in [2.05, 4.69) is 9.97 Å². The number of anilines is 1. The monoisotopic (exact) mass is 247 g/mol. The Balaban J connectivity index is 2.21. The van der Waals surface area contributed by atoms with Crippen LogP contribution in [0.3, 0.4) is 0 Å². The van der Waals surface area contributed by atoms with Gasteiger partial charge in [-0.2, -0.15) is 0 Å². The van der Waals surface area contributed by atoms with Gasteiger partial charge in [-0.1, -0.05) is 60.7 Å². The molecule has 3 heteroatoms. The Labute approximate surface area is 111 Å². The molecule has 0 aliphatic carbocycles. The smallest absolute Gasteiger partial charge is 0.142 e. The predicted octanol–water partition coefficient (Wildman–Crippen LogP) is 3.39. The zero-order chi connectivity index (χ0) is 13.1. The molecule has 2 aromatic carbocycles. The fourth-order valence-electron chi connectivity index (χ4n) is 2.01. The van der Waals surface area contributed by atoms with Crippen LogP contribution in [0.1, 0.15) is 0 Å². The van der Waals surface area contributed by atoms with E-state index in [1.54, 1.807) is 6.20 Å². The maximum atomic E-state index is 5.77. The summed E-state index contributed by atoms with van der Waals surface area (Å²) in [5.74, 6) is 0.429. The fraction of sp³-hybridized carbons (Fsp3) is 0. The normalized spacial score (nSPS) is 10.3. The molecule has 2 N–H and O–H groups in total. The lowest BCUT2D eigenvalue weighted by Gasteiger charge is -2.08. The quantitative estimate of drug-likeness (QED) is 0.755. The van der Waals surface area contributed by atoms with Gasteiger partial charge in [-0.25, -0.2) is 4.98 Å². The number of rotatable bonds is 2. The van der Waals surface area contributed by atoms with E-state index >= 15 is 0 Å². The van der Waals surface area contributed by atoms with Crippen LogP contribution in [0.5, 0.6) is 0 Å². The van der Waals surface area contributed by atoms with E-state index in [0.29, 0.717) is 5.82 Å². The summed E-state index contributed by atoms with van der Waals surface area (Å²) in [5.41, 5.74) is 9.48. The lowest BCUT2D eigenvalue weighted by Crippen LogP contribution is -1.98. The summed E-state index contributed by atoms with van der Waals surface area (Å²) in [7, 11) is 0. The van der Waals surface area contributed by atoms with E-state index < -0.39 is 0 Å². The Morgan fingerprint density at radius 1 is 0.684 bits per heavy atom. The van der Waals surface area contributed by atoms with Crippen molar-refractivity contribution in [3.05, 3.63) is 66.9 Å². The van der Waals surface area contributed by atoms with Gasteiger partial charge in [-0.15, -0.1) is 0 Å². The molecule has 0 saturated heterocycles. The highest BCUT2D eigenvalue weighted by molar-refractivity contribution is 5.78. The minimum atomic E-state index is 0.429. The molecular formula is C16H13N3. The second-order valence-electron chi connectivity index (χ2n) is 4.22. The van der Waals surface area contributed by atoms with Crippen LogP contribution in [-0.4, -0.2) is 9.97 Å². The van der Waals surface area contributed by atoms with Crippen LogP contribution < -0.4 is 5.73 Å². The van der Waals surface area contributed by atoms with Gasteiger partial charge in [0, 0.05) is 11.1 Å². The zero-order valence-electron chi connectivity index (χ0n) is 10.3. The number of nitrogens with two attached hydrogens (primary N) is 1. The van der Waals surface area contributed by atoms with E-state index in [1.165, 1.54) is 0 Å². The first kappa shape index (κ1) is 11.4. The van der Waals surface area contributed by atoms with E-state index in [9.17, 15) is 0 Å². The summed E-state index contributed by atoms with van der Waals surface area (Å²) in [6.07, 6.45) is 1.59. The van der Waals surface area contributed by atoms with Gasteiger partial charge >= 0.3 is 0 Å². The number of aromatic nitrogens is 2. The van der Waals surface area contributed by atoms with Crippen molar-refractivity contribution in [1.82, 2.24) is 9.97 Å². The highest BCUT2D eigenvalue weighted by Crippen LogP contribution is 2.28. The van der Waals surface area contributed by atoms with Crippen LogP contribution in [0.15, 0.2) is 66.9 Å². The Hall–Kier alpha value is -2.68. The average molecular weight is 247 g/mol. The molecule has 3 rings (SSSR count). The van der Waals surface area contributed by atoms with E-state index in [-0.39, 0.29) is 0 Å². The zero-order valence-corrected chi connectivity index (χ0v) is 10.3. The molecule has 0 amide bonds. The van der Waals surface area contributed by atoms with Crippen molar-refractivity contribution in [1.29, 1.82) is 0 Å². The highest BCUT2D eigenvalue weighted by Gasteiger charge is 2.10. The maximum absolute atomic E-state index is 5.77. The molecule has 0 aliphatic heterocycles. The van der Waals surface area contributed by atoms with Gasteiger partial charge in [0.1, 0.15) is 5.82 Å². The third-order valence-electron chi connectivity index (χ3n) is 2.89. The summed E-state index contributed by atoms with van der Waals surface area (Å²) in [6.45, 7) is 0. The largest absolute Gasteiger partial charge is 0.382 e. The molecular weight excluding hydrogens is 234 g/mol. The van der Waals surface area contributed by atoms with Crippen molar-refractivity contribution >= 4 is 5.82 Å². The molecule has 92 valence electrons. The molecule has 3 nitrogen and oxygen atoms in total. The van der Waals surface area contributed by atoms with Crippen molar-refractivity contribution in [3.8, 4) is 22.5 Å². The molecule has 0 aliphatic rings. The van der Waals surface area contributed by atoms with Crippen molar-refractivity contribution in [2.75, 3.05) is 5.73 Å². The van der Waals surface area contributed by atoms with Crippen LogP contribution in [-0.2, 0) is 0 Å². The van der Waals surface area contributed by atoms with Gasteiger partial charge in [0.2, 0.25) is 0 Å². The van der Waals surface area contributed by atoms with Crippen molar-refractivity contribution in [2.45, 2.75) is 0 Å². The molecule has 0 unspecified atom stereocenters. The Bertz CT molecular complexity index is 679. The van der Waals surface area contributed by atoms with Crippen LogP contribution in [0.25, 0.3) is 22.5 Å². The number of hydrogen-bond donors (Lipinski definition) is 1. The van der Waals surface area contributed by atoms with Gasteiger partial charge < -0.3 is 5.73 Å². The Morgan fingerprint density at radius 3 is 1.79 bits per heavy atom. The second-order valence-corrected chi connectivity index (χ2v) is 4.22. The summed E-state index contributed by atoms with van der Waals surface area (Å²) < 4.78 is 0. The first-order valence-corrected chi connectivity index (χ1v) is 6.08. The van der Waals surface area contributed by atoms with Crippen molar-refractivity contribution in [3.63, 3.8) is 0 Å². The molecule has 1 aromatic heterocycles. The molecule has 3 aromatic rings. The SMILES string of the molecule is Nc1cnc(-c2ccccc2)c(-c2ccccc2)n1. The standard InChI is InChI=1S/C16H13N3/c17-14-11-18-15(12-7-3-1-4-8-12)16(19-14)13-9-5-2-6-10-13/h1-11H,(H2,17,19). The van der Waals surface area contributed by atoms with E-state index in [1.807, 2.05) is 60.7 Å². The summed E-state index contributed by atoms with van der Waals surface area (Å²) >= 11 is 0. The Morgan fingerprint density at radius 2 is 1.21 bits per heavy atom. The molecule has 0 bridgehead atoms. The minimum Gasteiger partial charge on any atom is -0.382 e. The van der Waals surface area contributed by atoms with Gasteiger partial charge in [-0.3, -0.25) is 4.98 Å². The average Bonchev–Trinajstić information content (AvgIpc) is 2.49. The third-order valence-corrected chi connectivity index (χ3v) is 2.89. The summed E-state index contributed by atoms with van der Waals surface area (Å²) in [6, 6.07) is 20.0. The summed E-state index contributed by atoms with van der Waals surface area (Å²) in [4.78, 5) is 8.87. The maximum Gasteiger partial charge on any atom is 0.142 e. The number of nitrogen functional groups attached to an aromatic ring is 1. The lowest BCUT2D eigenvalue weighted by atomic mass is 10.0. The van der Waals surface area contributed by atoms with Gasteiger partial charge in [-0.05, 0) is 0 Å². The summed E-state index contributed by atoms with van der Waals surface area (Å²) in [5, 5.41) is 0. The highest BCUT2D eigenvalue weighted by atomic mass is 14.9. The van der Waals surface area contributed by atoms with E-state index in [0.717, 1.165) is 22.5 Å². The van der Waals surface area contributed by atoms with Crippen LogP contribution in [0.2, 0.25) is 0 Å². The minimum absolute atomic E-state index is 0.429. The van der Waals surface area contributed by atoms with E-state index in [4.69, 9.17) is 5.73 Å².